The molecule has 1 atom stereocenters. The van der Waals surface area contributed by atoms with Crippen molar-refractivity contribution in [3.63, 3.8) is 0 Å². The number of amides is 2. The minimum Gasteiger partial charge on any atom is -0.307 e. The minimum atomic E-state index is -4.61. The number of carbonyl (C=O) groups excluding carboxylic acids is 1. The number of hydrogen-bond donors (Lipinski definition) is 1. The molecule has 1 unspecified atom stereocenters. The Morgan fingerprint density at radius 3 is 2.67 bits per heavy atom. The second-order valence-corrected chi connectivity index (χ2v) is 6.11. The number of nitrogens with zero attached hydrogens (tertiary/aromatic N) is 1. The van der Waals surface area contributed by atoms with E-state index in [2.05, 4.69) is 5.32 Å². The van der Waals surface area contributed by atoms with Crippen molar-refractivity contribution < 1.29 is 18.0 Å². The lowest BCUT2D eigenvalue weighted by molar-refractivity contribution is -0.136. The molecule has 1 heterocycles. The van der Waals surface area contributed by atoms with E-state index in [9.17, 15) is 18.0 Å². The monoisotopic (exact) mass is 354 g/mol. The van der Waals surface area contributed by atoms with E-state index in [0.717, 1.165) is 17.7 Å². The number of fused-ring (bicyclic) bond motifs is 1. The Bertz CT molecular complexity index is 792. The maximum Gasteiger partial charge on any atom is 0.418 e. The van der Waals surface area contributed by atoms with Crippen LogP contribution in [0.5, 0.6) is 0 Å². The van der Waals surface area contributed by atoms with Gasteiger partial charge in [0, 0.05) is 16.8 Å². The summed E-state index contributed by atoms with van der Waals surface area (Å²) in [6.07, 6.45) is -3.95. The normalized spacial score (nSPS) is 16.9. The van der Waals surface area contributed by atoms with Gasteiger partial charge in [0.05, 0.1) is 11.3 Å². The van der Waals surface area contributed by atoms with Crippen LogP contribution < -0.4 is 10.2 Å². The van der Waals surface area contributed by atoms with Crippen LogP contribution in [0.1, 0.15) is 18.1 Å². The molecule has 1 N–H and O–H groups in total. The lowest BCUT2D eigenvalue weighted by atomic mass is 10.1. The molecule has 3 rings (SSSR count). The number of carbonyl (C=O) groups is 1. The Morgan fingerprint density at radius 1 is 1.25 bits per heavy atom. The molecule has 0 aromatic heterocycles. The first-order chi connectivity index (χ1) is 11.3. The number of nitrogens with one attached hydrogen (secondary N) is 1. The number of urea groups is 1. The van der Waals surface area contributed by atoms with Crippen LogP contribution in [0.4, 0.5) is 29.3 Å². The molecule has 24 heavy (non-hydrogen) atoms. The number of anilines is 2. The van der Waals surface area contributed by atoms with Gasteiger partial charge in [0.1, 0.15) is 0 Å². The second-order valence-electron chi connectivity index (χ2n) is 5.67. The molecule has 0 radical (unpaired) electrons. The SMILES string of the molecule is CC1Cc2ccccc2N1C(=O)Nc1ccc(Cl)cc1C(F)(F)F. The molecule has 126 valence electrons. The molecule has 0 spiro atoms. The van der Waals surface area contributed by atoms with Gasteiger partial charge >= 0.3 is 12.2 Å². The van der Waals surface area contributed by atoms with Crippen LogP contribution in [0.15, 0.2) is 42.5 Å². The number of halogens is 4. The molecule has 1 aliphatic rings. The first-order valence-electron chi connectivity index (χ1n) is 7.32. The van der Waals surface area contributed by atoms with Crippen molar-refractivity contribution in [3.8, 4) is 0 Å². The van der Waals surface area contributed by atoms with Gasteiger partial charge in [-0.15, -0.1) is 0 Å². The summed E-state index contributed by atoms with van der Waals surface area (Å²) in [4.78, 5) is 14.0. The van der Waals surface area contributed by atoms with Gasteiger partial charge < -0.3 is 5.32 Å². The summed E-state index contributed by atoms with van der Waals surface area (Å²) in [7, 11) is 0. The van der Waals surface area contributed by atoms with E-state index in [-0.39, 0.29) is 16.8 Å². The molecular formula is C17H14ClF3N2O. The van der Waals surface area contributed by atoms with E-state index in [1.807, 2.05) is 19.1 Å². The highest BCUT2D eigenvalue weighted by Crippen LogP contribution is 2.37. The van der Waals surface area contributed by atoms with Gasteiger partial charge in [-0.1, -0.05) is 29.8 Å². The Labute approximate surface area is 142 Å². The Kier molecular flexibility index (Phi) is 4.17. The van der Waals surface area contributed by atoms with Crippen LogP contribution in [0.3, 0.4) is 0 Å². The third-order valence-corrected chi connectivity index (χ3v) is 4.19. The number of para-hydroxylation sites is 1. The van der Waals surface area contributed by atoms with Gasteiger partial charge in [-0.05, 0) is 43.2 Å². The van der Waals surface area contributed by atoms with Crippen LogP contribution in [0.25, 0.3) is 0 Å². The topological polar surface area (TPSA) is 32.3 Å². The smallest absolute Gasteiger partial charge is 0.307 e. The molecule has 7 heteroatoms. The number of benzene rings is 2. The van der Waals surface area contributed by atoms with Crippen LogP contribution in [0.2, 0.25) is 5.02 Å². The summed E-state index contributed by atoms with van der Waals surface area (Å²) in [6.45, 7) is 1.85. The molecule has 0 saturated carbocycles. The van der Waals surface area contributed by atoms with Crippen molar-refractivity contribution in [1.29, 1.82) is 0 Å². The summed E-state index contributed by atoms with van der Waals surface area (Å²) in [5.41, 5.74) is 0.425. The summed E-state index contributed by atoms with van der Waals surface area (Å²) >= 11 is 5.65. The van der Waals surface area contributed by atoms with Crippen LogP contribution in [-0.4, -0.2) is 12.1 Å². The highest BCUT2D eigenvalue weighted by atomic mass is 35.5. The average molecular weight is 355 g/mol. The van der Waals surface area contributed by atoms with Crippen molar-refractivity contribution in [1.82, 2.24) is 0 Å². The van der Waals surface area contributed by atoms with Crippen molar-refractivity contribution in [2.24, 2.45) is 0 Å². The van der Waals surface area contributed by atoms with Gasteiger partial charge in [-0.25, -0.2) is 4.79 Å². The standard InChI is InChI=1S/C17H14ClF3N2O/c1-10-8-11-4-2-3-5-15(11)23(10)16(24)22-14-7-6-12(18)9-13(14)17(19,20)21/h2-7,9-10H,8H2,1H3,(H,22,24). The van der Waals surface area contributed by atoms with Gasteiger partial charge in [-0.2, -0.15) is 13.2 Å². The molecule has 2 aromatic carbocycles. The third kappa shape index (κ3) is 3.06. The molecule has 2 amide bonds. The van der Waals surface area contributed by atoms with Gasteiger partial charge in [0.2, 0.25) is 0 Å². The zero-order chi connectivity index (χ0) is 17.5. The van der Waals surface area contributed by atoms with Crippen molar-refractivity contribution in [2.45, 2.75) is 25.6 Å². The molecule has 2 aromatic rings. The number of hydrogen-bond acceptors (Lipinski definition) is 1. The fourth-order valence-corrected chi connectivity index (χ4v) is 3.08. The van der Waals surface area contributed by atoms with E-state index in [4.69, 9.17) is 11.6 Å². The fraction of sp³-hybridized carbons (Fsp3) is 0.235. The summed E-state index contributed by atoms with van der Waals surface area (Å²) in [5.74, 6) is 0. The zero-order valence-electron chi connectivity index (χ0n) is 12.7. The van der Waals surface area contributed by atoms with Gasteiger partial charge in [-0.3, -0.25) is 4.90 Å². The summed E-state index contributed by atoms with van der Waals surface area (Å²) < 4.78 is 39.4. The van der Waals surface area contributed by atoms with E-state index in [1.54, 1.807) is 12.1 Å². The minimum absolute atomic E-state index is 0.0415. The van der Waals surface area contributed by atoms with E-state index >= 15 is 0 Å². The third-order valence-electron chi connectivity index (χ3n) is 3.95. The first kappa shape index (κ1) is 16.6. The number of rotatable bonds is 1. The largest absolute Gasteiger partial charge is 0.418 e. The van der Waals surface area contributed by atoms with Gasteiger partial charge in [0.25, 0.3) is 0 Å². The maximum absolute atomic E-state index is 13.1. The Hall–Kier alpha value is -2.21. The van der Waals surface area contributed by atoms with E-state index < -0.39 is 17.8 Å². The van der Waals surface area contributed by atoms with Crippen molar-refractivity contribution in [2.75, 3.05) is 10.2 Å². The lowest BCUT2D eigenvalue weighted by Crippen LogP contribution is -2.39. The quantitative estimate of drug-likeness (QED) is 0.736. The molecular weight excluding hydrogens is 341 g/mol. The van der Waals surface area contributed by atoms with E-state index in [1.165, 1.54) is 11.0 Å². The van der Waals surface area contributed by atoms with Crippen LogP contribution >= 0.6 is 11.6 Å². The van der Waals surface area contributed by atoms with Crippen LogP contribution in [-0.2, 0) is 12.6 Å². The van der Waals surface area contributed by atoms with Gasteiger partial charge in [0.15, 0.2) is 0 Å². The highest BCUT2D eigenvalue weighted by molar-refractivity contribution is 6.30. The number of alkyl halides is 3. The van der Waals surface area contributed by atoms with Crippen LogP contribution in [0, 0.1) is 0 Å². The molecule has 1 aliphatic heterocycles. The molecule has 0 saturated heterocycles. The van der Waals surface area contributed by atoms with Crippen molar-refractivity contribution >= 4 is 29.0 Å². The molecule has 0 fully saturated rings. The van der Waals surface area contributed by atoms with Crippen molar-refractivity contribution in [3.05, 3.63) is 58.6 Å². The molecule has 0 bridgehead atoms. The Balaban J connectivity index is 1.91. The summed E-state index contributed by atoms with van der Waals surface area (Å²) in [6, 6.07) is 9.90. The lowest BCUT2D eigenvalue weighted by Gasteiger charge is -2.24. The second kappa shape index (κ2) is 6.02. The highest BCUT2D eigenvalue weighted by Gasteiger charge is 2.36. The zero-order valence-corrected chi connectivity index (χ0v) is 13.4. The average Bonchev–Trinajstić information content (AvgIpc) is 2.83. The predicted octanol–water partition coefficient (Wildman–Crippen LogP) is 5.34. The predicted molar refractivity (Wildman–Crippen MR) is 87.6 cm³/mol. The fourth-order valence-electron chi connectivity index (χ4n) is 2.91. The first-order valence-corrected chi connectivity index (χ1v) is 7.70. The molecule has 0 aliphatic carbocycles. The maximum atomic E-state index is 13.1. The van der Waals surface area contributed by atoms with E-state index in [0.29, 0.717) is 12.1 Å². The molecule has 3 nitrogen and oxygen atoms in total. The summed E-state index contributed by atoms with van der Waals surface area (Å²) in [5, 5.41) is 2.32. The Morgan fingerprint density at radius 2 is 1.96 bits per heavy atom.